The molecule has 4 aromatic rings. The van der Waals surface area contributed by atoms with Crippen LogP contribution in [-0.2, 0) is 4.79 Å². The van der Waals surface area contributed by atoms with E-state index in [9.17, 15) is 9.59 Å². The van der Waals surface area contributed by atoms with Gasteiger partial charge in [0.2, 0.25) is 0 Å². The molecule has 1 aliphatic rings. The zero-order chi connectivity index (χ0) is 30.7. The monoisotopic (exact) mass is 597 g/mol. The Kier molecular flexibility index (Phi) is 8.82. The Morgan fingerprint density at radius 3 is 2.47 bits per heavy atom. The lowest BCUT2D eigenvalue weighted by molar-refractivity contribution is -0.127. The summed E-state index contributed by atoms with van der Waals surface area (Å²) >= 11 is 1.29. The van der Waals surface area contributed by atoms with Gasteiger partial charge in [-0.1, -0.05) is 60.4 Å². The number of hydrogen-bond acceptors (Lipinski definition) is 7. The van der Waals surface area contributed by atoms with Crippen molar-refractivity contribution < 1.29 is 19.0 Å². The molecule has 0 bridgehead atoms. The van der Waals surface area contributed by atoms with E-state index in [4.69, 9.17) is 19.2 Å². The standard InChI is InChI=1S/C34H35N3O5S/c1-7-18-42-25-16-14-22(19-27(25)41-6)20-28-32(38)37-31(30-24-13-11-10-12-23(24)15-17-26(30)40-5)29(21(4)35-34(37)43-28)33(39)36(8-2)9-3/h7,10-17,19-20,31H,1,8-9,18H2,2-6H3/b28-20+/t31-/m1/s1. The van der Waals surface area contributed by atoms with Crippen molar-refractivity contribution in [3.05, 3.63) is 109 Å². The van der Waals surface area contributed by atoms with Gasteiger partial charge in [0, 0.05) is 18.7 Å². The summed E-state index contributed by atoms with van der Waals surface area (Å²) in [6.45, 7) is 10.8. The molecule has 0 spiro atoms. The number of nitrogens with zero attached hydrogens (tertiary/aromatic N) is 3. The highest BCUT2D eigenvalue weighted by atomic mass is 32.1. The largest absolute Gasteiger partial charge is 0.496 e. The number of benzene rings is 3. The third kappa shape index (κ3) is 5.48. The average molecular weight is 598 g/mol. The summed E-state index contributed by atoms with van der Waals surface area (Å²) in [4.78, 5) is 35.5. The average Bonchev–Trinajstić information content (AvgIpc) is 3.33. The fraction of sp³-hybridized carbons (Fsp3) is 0.265. The van der Waals surface area contributed by atoms with Gasteiger partial charge >= 0.3 is 0 Å². The minimum atomic E-state index is -0.739. The highest BCUT2D eigenvalue weighted by Gasteiger charge is 2.36. The van der Waals surface area contributed by atoms with Gasteiger partial charge in [0.15, 0.2) is 16.3 Å². The molecule has 9 heteroatoms. The first-order chi connectivity index (χ1) is 20.9. The maximum atomic E-state index is 14.3. The number of likely N-dealkylation sites (N-methyl/N-ethyl adjacent to an activating group) is 1. The number of aromatic nitrogens is 1. The minimum Gasteiger partial charge on any atom is -0.496 e. The lowest BCUT2D eigenvalue weighted by atomic mass is 9.90. The Balaban J connectivity index is 1.78. The summed E-state index contributed by atoms with van der Waals surface area (Å²) in [5.74, 6) is 1.57. The number of carbonyl (C=O) groups excluding carboxylic acids is 1. The molecule has 8 nitrogen and oxygen atoms in total. The van der Waals surface area contributed by atoms with Crippen molar-refractivity contribution in [3.63, 3.8) is 0 Å². The van der Waals surface area contributed by atoms with Crippen LogP contribution in [0.15, 0.2) is 88.3 Å². The van der Waals surface area contributed by atoms with Gasteiger partial charge in [-0.05, 0) is 61.4 Å². The lowest BCUT2D eigenvalue weighted by Gasteiger charge is -2.30. The first-order valence-corrected chi connectivity index (χ1v) is 15.0. The van der Waals surface area contributed by atoms with E-state index in [1.807, 2.05) is 75.4 Å². The van der Waals surface area contributed by atoms with Gasteiger partial charge in [0.1, 0.15) is 18.4 Å². The van der Waals surface area contributed by atoms with Crippen molar-refractivity contribution in [1.29, 1.82) is 0 Å². The number of carbonyl (C=O) groups is 1. The highest BCUT2D eigenvalue weighted by molar-refractivity contribution is 7.07. The number of rotatable bonds is 10. The SMILES string of the molecule is C=CCOc1ccc(/C=c2/sc3n(c2=O)[C@@H](c2c(OC)ccc4ccccc24)C(C(=O)N(CC)CC)=C(C)N=3)cc1OC. The first-order valence-electron chi connectivity index (χ1n) is 14.2. The highest BCUT2D eigenvalue weighted by Crippen LogP contribution is 2.40. The molecular formula is C34H35N3O5S. The summed E-state index contributed by atoms with van der Waals surface area (Å²) in [6, 6.07) is 16.6. The topological polar surface area (TPSA) is 82.4 Å². The number of ether oxygens (including phenoxy) is 3. The van der Waals surface area contributed by atoms with E-state index < -0.39 is 6.04 Å². The molecule has 3 aromatic carbocycles. The number of fused-ring (bicyclic) bond motifs is 2. The number of hydrogen-bond donors (Lipinski definition) is 0. The summed E-state index contributed by atoms with van der Waals surface area (Å²) in [5, 5.41) is 1.89. The van der Waals surface area contributed by atoms with Gasteiger partial charge in [-0.25, -0.2) is 4.99 Å². The van der Waals surface area contributed by atoms with Crippen LogP contribution in [-0.4, -0.2) is 49.3 Å². The second-order valence-electron chi connectivity index (χ2n) is 9.97. The predicted octanol–water partition coefficient (Wildman–Crippen LogP) is 4.84. The van der Waals surface area contributed by atoms with Crippen molar-refractivity contribution in [2.45, 2.75) is 26.8 Å². The van der Waals surface area contributed by atoms with E-state index in [1.54, 1.807) is 35.8 Å². The van der Waals surface area contributed by atoms with Crippen molar-refractivity contribution in [2.24, 2.45) is 4.99 Å². The molecule has 5 rings (SSSR count). The van der Waals surface area contributed by atoms with Crippen LogP contribution in [0.1, 0.15) is 37.9 Å². The number of allylic oxidation sites excluding steroid dienone is 1. The Bertz CT molecular complexity index is 1920. The van der Waals surface area contributed by atoms with Crippen LogP contribution >= 0.6 is 11.3 Å². The number of thiazole rings is 1. The van der Waals surface area contributed by atoms with Crippen molar-refractivity contribution in [2.75, 3.05) is 33.9 Å². The van der Waals surface area contributed by atoms with Gasteiger partial charge in [-0.2, -0.15) is 0 Å². The third-order valence-electron chi connectivity index (χ3n) is 7.57. The van der Waals surface area contributed by atoms with Gasteiger partial charge in [-0.15, -0.1) is 0 Å². The maximum Gasteiger partial charge on any atom is 0.271 e. The van der Waals surface area contributed by atoms with E-state index >= 15 is 0 Å². The Labute approximate surface area is 254 Å². The first kappa shape index (κ1) is 29.8. The molecular weight excluding hydrogens is 562 g/mol. The van der Waals surface area contributed by atoms with Crippen LogP contribution in [0.2, 0.25) is 0 Å². The molecule has 43 heavy (non-hydrogen) atoms. The van der Waals surface area contributed by atoms with Gasteiger partial charge in [0.25, 0.3) is 11.5 Å². The molecule has 1 aliphatic heterocycles. The number of amides is 1. The quantitative estimate of drug-likeness (QED) is 0.245. The fourth-order valence-electron chi connectivity index (χ4n) is 5.48. The van der Waals surface area contributed by atoms with Crippen LogP contribution in [0, 0.1) is 0 Å². The van der Waals surface area contributed by atoms with Gasteiger partial charge in [-0.3, -0.25) is 14.2 Å². The van der Waals surface area contributed by atoms with Gasteiger partial charge < -0.3 is 19.1 Å². The lowest BCUT2D eigenvalue weighted by Crippen LogP contribution is -2.43. The fourth-order valence-corrected chi connectivity index (χ4v) is 6.52. The molecule has 2 heterocycles. The van der Waals surface area contributed by atoms with E-state index in [0.29, 0.717) is 57.5 Å². The Hall–Kier alpha value is -4.63. The summed E-state index contributed by atoms with van der Waals surface area (Å²) in [5.41, 5.74) is 2.32. The molecule has 1 aromatic heterocycles. The Morgan fingerprint density at radius 2 is 1.77 bits per heavy atom. The predicted molar refractivity (Wildman–Crippen MR) is 171 cm³/mol. The summed E-state index contributed by atoms with van der Waals surface area (Å²) in [6.07, 6.45) is 3.48. The molecule has 1 amide bonds. The molecule has 0 fully saturated rings. The van der Waals surface area contributed by atoms with E-state index in [1.165, 1.54) is 11.3 Å². The molecule has 0 unspecified atom stereocenters. The zero-order valence-corrected chi connectivity index (χ0v) is 25.9. The summed E-state index contributed by atoms with van der Waals surface area (Å²) < 4.78 is 19.2. The minimum absolute atomic E-state index is 0.152. The smallest absolute Gasteiger partial charge is 0.271 e. The second-order valence-corrected chi connectivity index (χ2v) is 11.0. The van der Waals surface area contributed by atoms with Crippen molar-refractivity contribution >= 4 is 34.1 Å². The van der Waals surface area contributed by atoms with Crippen molar-refractivity contribution in [1.82, 2.24) is 9.47 Å². The summed E-state index contributed by atoms with van der Waals surface area (Å²) in [7, 11) is 3.18. The Morgan fingerprint density at radius 1 is 1.05 bits per heavy atom. The van der Waals surface area contributed by atoms with E-state index in [-0.39, 0.29) is 11.5 Å². The molecule has 0 saturated carbocycles. The van der Waals surface area contributed by atoms with Crippen LogP contribution in [0.25, 0.3) is 16.8 Å². The van der Waals surface area contributed by atoms with Crippen LogP contribution in [0.4, 0.5) is 0 Å². The molecule has 0 N–H and O–H groups in total. The molecule has 1 atom stereocenters. The molecule has 222 valence electrons. The normalized spacial score (nSPS) is 14.7. The van der Waals surface area contributed by atoms with Crippen LogP contribution in [0.5, 0.6) is 17.2 Å². The molecule has 0 saturated heterocycles. The number of methoxy groups -OCH3 is 2. The van der Waals surface area contributed by atoms with Crippen LogP contribution in [0.3, 0.4) is 0 Å². The maximum absolute atomic E-state index is 14.3. The third-order valence-corrected chi connectivity index (χ3v) is 8.55. The van der Waals surface area contributed by atoms with Gasteiger partial charge in [0.05, 0.1) is 30.0 Å². The van der Waals surface area contributed by atoms with E-state index in [2.05, 4.69) is 6.58 Å². The van der Waals surface area contributed by atoms with Crippen LogP contribution < -0.4 is 29.1 Å². The second kappa shape index (κ2) is 12.7. The molecule has 0 aliphatic carbocycles. The van der Waals surface area contributed by atoms with Crippen molar-refractivity contribution in [3.8, 4) is 17.2 Å². The molecule has 0 radical (unpaired) electrons. The van der Waals surface area contributed by atoms with E-state index in [0.717, 1.165) is 21.9 Å². The zero-order valence-electron chi connectivity index (χ0n) is 25.0.